The second kappa shape index (κ2) is 5.39. The Balaban J connectivity index is 2.95. The molecule has 0 spiro atoms. The molecule has 1 aromatic carbocycles. The van der Waals surface area contributed by atoms with Crippen LogP contribution in [0.2, 0.25) is 0 Å². The zero-order valence-electron chi connectivity index (χ0n) is 9.82. The van der Waals surface area contributed by atoms with E-state index in [2.05, 4.69) is 11.9 Å². The van der Waals surface area contributed by atoms with Crippen LogP contribution < -0.4 is 4.74 Å². The molecule has 1 aromatic rings. The third kappa shape index (κ3) is 3.27. The molecule has 0 fully saturated rings. The van der Waals surface area contributed by atoms with Crippen molar-refractivity contribution in [2.24, 2.45) is 4.99 Å². The highest BCUT2D eigenvalue weighted by molar-refractivity contribution is 5.84. The summed E-state index contributed by atoms with van der Waals surface area (Å²) < 4.78 is 5.15. The number of rotatable bonds is 3. The van der Waals surface area contributed by atoms with Gasteiger partial charge in [0.25, 0.3) is 0 Å². The molecule has 0 N–H and O–H groups in total. The minimum absolute atomic E-state index is 0.838. The standard InChI is InChI=1S/C12H18N2O/c1-5-12(14(2)3)13-10-7-6-8-11(9-10)15-4/h6-9H,5H2,1-4H3. The third-order valence-corrected chi connectivity index (χ3v) is 2.14. The van der Waals surface area contributed by atoms with Crippen LogP contribution in [0.25, 0.3) is 0 Å². The van der Waals surface area contributed by atoms with Gasteiger partial charge in [0.15, 0.2) is 0 Å². The number of hydrogen-bond donors (Lipinski definition) is 0. The normalized spacial score (nSPS) is 11.3. The molecule has 0 saturated carbocycles. The molecule has 0 aliphatic carbocycles. The van der Waals surface area contributed by atoms with Crippen LogP contribution in [0.15, 0.2) is 29.3 Å². The lowest BCUT2D eigenvalue weighted by molar-refractivity contribution is 0.415. The van der Waals surface area contributed by atoms with Gasteiger partial charge in [-0.15, -0.1) is 0 Å². The fourth-order valence-electron chi connectivity index (χ4n) is 1.32. The molecule has 1 rings (SSSR count). The fraction of sp³-hybridized carbons (Fsp3) is 0.417. The molecule has 0 saturated heterocycles. The summed E-state index contributed by atoms with van der Waals surface area (Å²) >= 11 is 0. The first-order chi connectivity index (χ1) is 7.17. The van der Waals surface area contributed by atoms with Gasteiger partial charge >= 0.3 is 0 Å². The summed E-state index contributed by atoms with van der Waals surface area (Å²) in [4.78, 5) is 6.58. The number of hydrogen-bond acceptors (Lipinski definition) is 2. The van der Waals surface area contributed by atoms with E-state index in [1.54, 1.807) is 7.11 Å². The van der Waals surface area contributed by atoms with Crippen molar-refractivity contribution in [3.8, 4) is 5.75 Å². The minimum atomic E-state index is 0.838. The fourth-order valence-corrected chi connectivity index (χ4v) is 1.32. The zero-order chi connectivity index (χ0) is 11.3. The molecule has 0 unspecified atom stereocenters. The van der Waals surface area contributed by atoms with Gasteiger partial charge in [-0.1, -0.05) is 13.0 Å². The van der Waals surface area contributed by atoms with Gasteiger partial charge in [-0.05, 0) is 12.1 Å². The van der Waals surface area contributed by atoms with E-state index in [4.69, 9.17) is 4.74 Å². The molecule has 0 atom stereocenters. The molecule has 3 heteroatoms. The van der Waals surface area contributed by atoms with E-state index in [9.17, 15) is 0 Å². The van der Waals surface area contributed by atoms with Crippen molar-refractivity contribution < 1.29 is 4.74 Å². The van der Waals surface area contributed by atoms with Gasteiger partial charge in [0, 0.05) is 26.6 Å². The highest BCUT2D eigenvalue weighted by Gasteiger charge is 1.99. The average molecular weight is 206 g/mol. The molecule has 0 aliphatic heterocycles. The highest BCUT2D eigenvalue weighted by atomic mass is 16.5. The quantitative estimate of drug-likeness (QED) is 0.561. The Morgan fingerprint density at radius 1 is 1.40 bits per heavy atom. The molecule has 15 heavy (non-hydrogen) atoms. The van der Waals surface area contributed by atoms with E-state index >= 15 is 0 Å². The number of ether oxygens (including phenoxy) is 1. The van der Waals surface area contributed by atoms with Gasteiger partial charge < -0.3 is 9.64 Å². The first kappa shape index (κ1) is 11.6. The maximum atomic E-state index is 5.15. The molecule has 0 aromatic heterocycles. The first-order valence-corrected chi connectivity index (χ1v) is 5.06. The molecular weight excluding hydrogens is 188 g/mol. The van der Waals surface area contributed by atoms with Crippen molar-refractivity contribution in [1.29, 1.82) is 0 Å². The Kier molecular flexibility index (Phi) is 4.16. The van der Waals surface area contributed by atoms with Gasteiger partial charge in [0.05, 0.1) is 12.8 Å². The van der Waals surface area contributed by atoms with E-state index in [0.29, 0.717) is 0 Å². The van der Waals surface area contributed by atoms with Gasteiger partial charge in [0.1, 0.15) is 11.6 Å². The largest absolute Gasteiger partial charge is 0.497 e. The number of nitrogens with zero attached hydrogens (tertiary/aromatic N) is 2. The molecule has 82 valence electrons. The lowest BCUT2D eigenvalue weighted by Crippen LogP contribution is -2.20. The summed E-state index contributed by atoms with van der Waals surface area (Å²) in [6, 6.07) is 7.77. The van der Waals surface area contributed by atoms with Crippen molar-refractivity contribution in [3.05, 3.63) is 24.3 Å². The predicted octanol–water partition coefficient (Wildman–Crippen LogP) is 2.70. The van der Waals surface area contributed by atoms with Crippen LogP contribution in [-0.2, 0) is 0 Å². The number of aliphatic imine (C=N–C) groups is 1. The van der Waals surface area contributed by atoms with Crippen LogP contribution in [0.3, 0.4) is 0 Å². The maximum absolute atomic E-state index is 5.15. The van der Waals surface area contributed by atoms with Gasteiger partial charge in [-0.2, -0.15) is 0 Å². The SMILES string of the molecule is CCC(=Nc1cccc(OC)c1)N(C)C. The second-order valence-corrected chi connectivity index (χ2v) is 3.48. The van der Waals surface area contributed by atoms with Crippen molar-refractivity contribution in [2.45, 2.75) is 13.3 Å². The molecular formula is C12H18N2O. The molecule has 0 heterocycles. The average Bonchev–Trinajstić information content (AvgIpc) is 2.25. The summed E-state index contributed by atoms with van der Waals surface area (Å²) in [6.45, 7) is 2.10. The first-order valence-electron chi connectivity index (χ1n) is 5.06. The Hall–Kier alpha value is -1.51. The van der Waals surface area contributed by atoms with Crippen molar-refractivity contribution in [2.75, 3.05) is 21.2 Å². The van der Waals surface area contributed by atoms with Crippen LogP contribution in [0.5, 0.6) is 5.75 Å². The summed E-state index contributed by atoms with van der Waals surface area (Å²) in [5.74, 6) is 1.90. The van der Waals surface area contributed by atoms with Crippen molar-refractivity contribution >= 4 is 11.5 Å². The van der Waals surface area contributed by atoms with E-state index < -0.39 is 0 Å². The Morgan fingerprint density at radius 2 is 2.13 bits per heavy atom. The van der Waals surface area contributed by atoms with E-state index in [-0.39, 0.29) is 0 Å². The second-order valence-electron chi connectivity index (χ2n) is 3.48. The van der Waals surface area contributed by atoms with Crippen LogP contribution in [0.1, 0.15) is 13.3 Å². The third-order valence-electron chi connectivity index (χ3n) is 2.14. The lowest BCUT2D eigenvalue weighted by atomic mass is 10.3. The zero-order valence-corrected chi connectivity index (χ0v) is 9.82. The van der Waals surface area contributed by atoms with Crippen LogP contribution in [0, 0.1) is 0 Å². The van der Waals surface area contributed by atoms with Gasteiger partial charge in [-0.25, -0.2) is 4.99 Å². The smallest absolute Gasteiger partial charge is 0.121 e. The highest BCUT2D eigenvalue weighted by Crippen LogP contribution is 2.20. The van der Waals surface area contributed by atoms with Crippen LogP contribution in [0.4, 0.5) is 5.69 Å². The number of amidine groups is 1. The van der Waals surface area contributed by atoms with E-state index in [1.165, 1.54) is 0 Å². The topological polar surface area (TPSA) is 24.8 Å². The molecule has 0 bridgehead atoms. The van der Waals surface area contributed by atoms with Crippen LogP contribution >= 0.6 is 0 Å². The summed E-state index contributed by atoms with van der Waals surface area (Å²) in [5, 5.41) is 0. The van der Waals surface area contributed by atoms with Crippen molar-refractivity contribution in [3.63, 3.8) is 0 Å². The molecule has 0 radical (unpaired) electrons. The van der Waals surface area contributed by atoms with Crippen LogP contribution in [-0.4, -0.2) is 31.9 Å². The maximum Gasteiger partial charge on any atom is 0.121 e. The summed E-state index contributed by atoms with van der Waals surface area (Å²) in [6.07, 6.45) is 0.921. The Morgan fingerprint density at radius 3 is 2.67 bits per heavy atom. The van der Waals surface area contributed by atoms with Crippen molar-refractivity contribution in [1.82, 2.24) is 4.90 Å². The molecule has 0 aliphatic rings. The minimum Gasteiger partial charge on any atom is -0.497 e. The Labute approximate surface area is 91.4 Å². The molecule has 3 nitrogen and oxygen atoms in total. The predicted molar refractivity (Wildman–Crippen MR) is 64.1 cm³/mol. The number of methoxy groups -OCH3 is 1. The van der Waals surface area contributed by atoms with Gasteiger partial charge in [-0.3, -0.25) is 0 Å². The Bertz CT molecular complexity index is 345. The lowest BCUT2D eigenvalue weighted by Gasteiger charge is -2.13. The molecule has 0 amide bonds. The van der Waals surface area contributed by atoms with E-state index in [0.717, 1.165) is 23.7 Å². The summed E-state index contributed by atoms with van der Waals surface area (Å²) in [5.41, 5.74) is 0.930. The number of benzene rings is 1. The summed E-state index contributed by atoms with van der Waals surface area (Å²) in [7, 11) is 5.67. The van der Waals surface area contributed by atoms with Gasteiger partial charge in [0.2, 0.25) is 0 Å². The van der Waals surface area contributed by atoms with E-state index in [1.807, 2.05) is 43.3 Å². The monoisotopic (exact) mass is 206 g/mol.